The summed E-state index contributed by atoms with van der Waals surface area (Å²) in [6, 6.07) is 14.1. The Hall–Kier alpha value is -2.76. The van der Waals surface area contributed by atoms with Gasteiger partial charge in [-0.2, -0.15) is 5.10 Å². The van der Waals surface area contributed by atoms with Crippen molar-refractivity contribution in [1.82, 2.24) is 20.0 Å². The topological polar surface area (TPSA) is 66.4 Å². The van der Waals surface area contributed by atoms with Crippen LogP contribution in [0.5, 0.6) is 0 Å². The van der Waals surface area contributed by atoms with Gasteiger partial charge in [-0.05, 0) is 49.8 Å². The lowest BCUT2D eigenvalue weighted by molar-refractivity contribution is -0.133. The van der Waals surface area contributed by atoms with Crippen molar-refractivity contribution in [1.29, 1.82) is 0 Å². The van der Waals surface area contributed by atoms with Crippen molar-refractivity contribution in [3.05, 3.63) is 59.9 Å². The van der Waals surface area contributed by atoms with Crippen molar-refractivity contribution in [3.8, 4) is 0 Å². The molecule has 3 aliphatic rings. The molecular weight excluding hydrogens is 376 g/mol. The van der Waals surface area contributed by atoms with Gasteiger partial charge in [-0.3, -0.25) is 9.59 Å². The minimum absolute atomic E-state index is 0.0349. The van der Waals surface area contributed by atoms with Crippen molar-refractivity contribution >= 4 is 11.8 Å². The van der Waals surface area contributed by atoms with Crippen LogP contribution in [-0.4, -0.2) is 56.0 Å². The fourth-order valence-corrected chi connectivity index (χ4v) is 6.47. The molecule has 3 heterocycles. The van der Waals surface area contributed by atoms with Crippen LogP contribution >= 0.6 is 0 Å². The largest absolute Gasteiger partial charge is 0.334 e. The number of hydrogen-bond acceptors (Lipinski definition) is 4. The number of carbonyl (C=O) groups excluding carboxylic acids is 2. The molecule has 2 aromatic rings. The number of fused-ring (bicyclic) bond motifs is 1. The number of likely N-dealkylation sites (tertiary alicyclic amines) is 2. The first kappa shape index (κ1) is 19.2. The molecule has 30 heavy (non-hydrogen) atoms. The predicted octanol–water partition coefficient (Wildman–Crippen LogP) is 3.09. The summed E-state index contributed by atoms with van der Waals surface area (Å²) in [5.74, 6) is 0.0669. The summed E-state index contributed by atoms with van der Waals surface area (Å²) in [5, 5.41) is 8.07. The van der Waals surface area contributed by atoms with E-state index in [1.165, 1.54) is 5.56 Å². The first-order chi connectivity index (χ1) is 14.5. The summed E-state index contributed by atoms with van der Waals surface area (Å²) in [4.78, 5) is 30.7. The van der Waals surface area contributed by atoms with E-state index in [4.69, 9.17) is 0 Å². The minimum Gasteiger partial charge on any atom is -0.334 e. The second-order valence-electron chi connectivity index (χ2n) is 9.24. The molecule has 6 nitrogen and oxygen atoms in total. The second-order valence-corrected chi connectivity index (χ2v) is 9.24. The number of benzene rings is 1. The molecule has 1 aliphatic carbocycles. The second kappa shape index (κ2) is 7.18. The highest BCUT2D eigenvalue weighted by Crippen LogP contribution is 2.56. The fourth-order valence-electron chi connectivity index (χ4n) is 6.47. The lowest BCUT2D eigenvalue weighted by Gasteiger charge is -2.52. The van der Waals surface area contributed by atoms with E-state index < -0.39 is 0 Å². The zero-order valence-electron chi connectivity index (χ0n) is 17.6. The Kier molecular flexibility index (Phi) is 4.60. The molecule has 5 rings (SSSR count). The van der Waals surface area contributed by atoms with Crippen molar-refractivity contribution in [3.63, 3.8) is 0 Å². The van der Waals surface area contributed by atoms with Crippen LogP contribution in [0.15, 0.2) is 48.7 Å². The molecule has 3 fully saturated rings. The fraction of sp³-hybridized carbons (Fsp3) is 0.500. The average molecular weight is 405 g/mol. The summed E-state index contributed by atoms with van der Waals surface area (Å²) < 4.78 is 0. The third kappa shape index (κ3) is 2.84. The van der Waals surface area contributed by atoms with E-state index in [1.807, 2.05) is 18.2 Å². The number of hydrogen-bond donors (Lipinski definition) is 0. The summed E-state index contributed by atoms with van der Waals surface area (Å²) in [6.45, 7) is 3.97. The molecule has 2 bridgehead atoms. The van der Waals surface area contributed by atoms with Gasteiger partial charge in [0.05, 0.1) is 12.1 Å². The van der Waals surface area contributed by atoms with Gasteiger partial charge in [-0.1, -0.05) is 37.3 Å². The molecule has 2 amide bonds. The van der Waals surface area contributed by atoms with E-state index in [2.05, 4.69) is 39.1 Å². The van der Waals surface area contributed by atoms with Crippen LogP contribution in [-0.2, 0) is 11.2 Å². The average Bonchev–Trinajstić information content (AvgIpc) is 3.07. The maximum absolute atomic E-state index is 13.8. The number of rotatable bonds is 3. The standard InChI is InChI=1S/C24H28N4O2/c1-16(29)27-20-15-24(2)21(27)11-6-12-22(24)28(23(30)18-10-7-13-25-26-18)19(20)14-17-8-4-3-5-9-17/h3-5,7-10,13,19-22H,6,11-12,14-15H2,1-2H3/t19-,20-,21-,22+,24-/m0/s1. The summed E-state index contributed by atoms with van der Waals surface area (Å²) in [7, 11) is 0. The van der Waals surface area contributed by atoms with E-state index in [0.29, 0.717) is 5.69 Å². The zero-order valence-corrected chi connectivity index (χ0v) is 17.6. The molecule has 6 heteroatoms. The number of aromatic nitrogens is 2. The quantitative estimate of drug-likeness (QED) is 0.789. The smallest absolute Gasteiger partial charge is 0.274 e. The first-order valence-corrected chi connectivity index (χ1v) is 10.9. The normalized spacial score (nSPS) is 32.2. The Morgan fingerprint density at radius 1 is 1.07 bits per heavy atom. The third-order valence-electron chi connectivity index (χ3n) is 7.63. The van der Waals surface area contributed by atoms with Gasteiger partial charge < -0.3 is 9.80 Å². The van der Waals surface area contributed by atoms with Gasteiger partial charge in [0.15, 0.2) is 5.69 Å². The third-order valence-corrected chi connectivity index (χ3v) is 7.63. The van der Waals surface area contributed by atoms with Gasteiger partial charge in [-0.15, -0.1) is 5.10 Å². The number of nitrogens with zero attached hydrogens (tertiary/aromatic N) is 4. The van der Waals surface area contributed by atoms with Gasteiger partial charge in [-0.25, -0.2) is 0 Å². The maximum Gasteiger partial charge on any atom is 0.274 e. The number of piperidine rings is 1. The van der Waals surface area contributed by atoms with Gasteiger partial charge in [0.2, 0.25) is 5.91 Å². The van der Waals surface area contributed by atoms with Gasteiger partial charge in [0.1, 0.15) is 0 Å². The van der Waals surface area contributed by atoms with E-state index in [1.54, 1.807) is 25.3 Å². The highest BCUT2D eigenvalue weighted by molar-refractivity contribution is 5.93. The van der Waals surface area contributed by atoms with Gasteiger partial charge in [0, 0.05) is 30.6 Å². The molecule has 2 aliphatic heterocycles. The molecular formula is C24H28N4O2. The first-order valence-electron chi connectivity index (χ1n) is 10.9. The van der Waals surface area contributed by atoms with Crippen LogP contribution in [0.25, 0.3) is 0 Å². The molecule has 1 aromatic carbocycles. The molecule has 2 saturated heterocycles. The van der Waals surface area contributed by atoms with Crippen LogP contribution in [0.2, 0.25) is 0 Å². The van der Waals surface area contributed by atoms with E-state index in [-0.39, 0.29) is 41.4 Å². The zero-order chi connectivity index (χ0) is 20.9. The van der Waals surface area contributed by atoms with Gasteiger partial charge in [0.25, 0.3) is 5.91 Å². The molecule has 5 atom stereocenters. The molecule has 156 valence electrons. The van der Waals surface area contributed by atoms with Gasteiger partial charge >= 0.3 is 0 Å². The Morgan fingerprint density at radius 3 is 2.47 bits per heavy atom. The van der Waals surface area contributed by atoms with Crippen molar-refractivity contribution in [2.75, 3.05) is 0 Å². The molecule has 0 spiro atoms. The molecule has 1 saturated carbocycles. The highest BCUT2D eigenvalue weighted by Gasteiger charge is 2.64. The van der Waals surface area contributed by atoms with Crippen LogP contribution in [0.1, 0.15) is 55.6 Å². The Bertz CT molecular complexity index is 950. The number of amides is 2. The van der Waals surface area contributed by atoms with Crippen LogP contribution in [0, 0.1) is 5.41 Å². The maximum atomic E-state index is 13.8. The van der Waals surface area contributed by atoms with Crippen molar-refractivity contribution in [2.24, 2.45) is 5.41 Å². The Labute approximate surface area is 177 Å². The minimum atomic E-state index is -0.0698. The Morgan fingerprint density at radius 2 is 1.80 bits per heavy atom. The Balaban J connectivity index is 1.62. The predicted molar refractivity (Wildman–Crippen MR) is 113 cm³/mol. The van der Waals surface area contributed by atoms with Crippen LogP contribution in [0.4, 0.5) is 0 Å². The molecule has 0 radical (unpaired) electrons. The van der Waals surface area contributed by atoms with Crippen LogP contribution in [0.3, 0.4) is 0 Å². The molecule has 0 N–H and O–H groups in total. The van der Waals surface area contributed by atoms with Crippen molar-refractivity contribution < 1.29 is 9.59 Å². The highest BCUT2D eigenvalue weighted by atomic mass is 16.2. The van der Waals surface area contributed by atoms with E-state index in [0.717, 1.165) is 32.1 Å². The monoisotopic (exact) mass is 404 g/mol. The summed E-state index contributed by atoms with van der Waals surface area (Å²) in [5.41, 5.74) is 1.50. The lowest BCUT2D eigenvalue weighted by atomic mass is 9.64. The van der Waals surface area contributed by atoms with E-state index >= 15 is 0 Å². The number of carbonyl (C=O) groups is 2. The van der Waals surface area contributed by atoms with Crippen LogP contribution < -0.4 is 0 Å². The summed E-state index contributed by atoms with van der Waals surface area (Å²) in [6.07, 6.45) is 6.32. The lowest BCUT2D eigenvalue weighted by Crippen LogP contribution is -2.62. The van der Waals surface area contributed by atoms with Crippen molar-refractivity contribution in [2.45, 2.75) is 70.1 Å². The SMILES string of the molecule is CC(=O)N1[C@H]2CCC[C@H]3N(C(=O)c4cccnn4)[C@@H](Cc4ccccc4)[C@@H]1C[C@@]23C. The van der Waals surface area contributed by atoms with E-state index in [9.17, 15) is 9.59 Å². The molecule has 1 aromatic heterocycles. The molecule has 0 unspecified atom stereocenters. The summed E-state index contributed by atoms with van der Waals surface area (Å²) >= 11 is 0.